The molecule has 1 aromatic heterocycles. The van der Waals surface area contributed by atoms with Gasteiger partial charge in [0.15, 0.2) is 0 Å². The standard InChI is InChI=1S/C13H25N5/c1-5-6-17(4)7-8-18-11-13(15-16-18)10-14-9-12(2)3/h5,11-12,14H,1,6-10H2,2-4H3. The molecule has 0 aliphatic heterocycles. The second kappa shape index (κ2) is 8.00. The van der Waals surface area contributed by atoms with Gasteiger partial charge in [-0.05, 0) is 19.5 Å². The van der Waals surface area contributed by atoms with Crippen molar-refractivity contribution in [2.45, 2.75) is 26.9 Å². The second-order valence-electron chi connectivity index (χ2n) is 5.05. The van der Waals surface area contributed by atoms with Crippen molar-refractivity contribution in [3.8, 4) is 0 Å². The molecule has 0 atom stereocenters. The number of likely N-dealkylation sites (N-methyl/N-ethyl adjacent to an activating group) is 1. The molecule has 0 fully saturated rings. The Bertz CT molecular complexity index is 345. The fourth-order valence-corrected chi connectivity index (χ4v) is 1.60. The summed E-state index contributed by atoms with van der Waals surface area (Å²) in [5.74, 6) is 0.660. The molecule has 0 aliphatic carbocycles. The molecule has 0 unspecified atom stereocenters. The van der Waals surface area contributed by atoms with Crippen LogP contribution >= 0.6 is 0 Å². The molecule has 0 amide bonds. The molecule has 0 saturated heterocycles. The summed E-state index contributed by atoms with van der Waals surface area (Å²) in [4.78, 5) is 2.20. The maximum atomic E-state index is 4.15. The number of rotatable bonds is 9. The molecule has 5 nitrogen and oxygen atoms in total. The summed E-state index contributed by atoms with van der Waals surface area (Å²) in [6, 6.07) is 0. The van der Waals surface area contributed by atoms with Crippen molar-refractivity contribution in [1.29, 1.82) is 0 Å². The molecule has 0 bridgehead atoms. The lowest BCUT2D eigenvalue weighted by Gasteiger charge is -2.13. The molecular weight excluding hydrogens is 226 g/mol. The fourth-order valence-electron chi connectivity index (χ4n) is 1.60. The zero-order chi connectivity index (χ0) is 13.4. The lowest BCUT2D eigenvalue weighted by atomic mass is 10.2. The van der Waals surface area contributed by atoms with Crippen molar-refractivity contribution in [2.24, 2.45) is 5.92 Å². The minimum Gasteiger partial charge on any atom is -0.311 e. The molecule has 1 N–H and O–H groups in total. The summed E-state index contributed by atoms with van der Waals surface area (Å²) in [5.41, 5.74) is 1.00. The van der Waals surface area contributed by atoms with E-state index in [1.807, 2.05) is 17.0 Å². The van der Waals surface area contributed by atoms with E-state index in [0.717, 1.165) is 38.4 Å². The molecule has 0 aromatic carbocycles. The van der Waals surface area contributed by atoms with Crippen LogP contribution in [0.5, 0.6) is 0 Å². The lowest BCUT2D eigenvalue weighted by molar-refractivity contribution is 0.340. The largest absolute Gasteiger partial charge is 0.311 e. The van der Waals surface area contributed by atoms with E-state index in [1.54, 1.807) is 0 Å². The van der Waals surface area contributed by atoms with Crippen molar-refractivity contribution in [3.63, 3.8) is 0 Å². The monoisotopic (exact) mass is 251 g/mol. The van der Waals surface area contributed by atoms with Crippen molar-refractivity contribution >= 4 is 0 Å². The quantitative estimate of drug-likeness (QED) is 0.669. The van der Waals surface area contributed by atoms with E-state index in [4.69, 9.17) is 0 Å². The average molecular weight is 251 g/mol. The highest BCUT2D eigenvalue weighted by Crippen LogP contribution is 1.95. The van der Waals surface area contributed by atoms with Crippen molar-refractivity contribution < 1.29 is 0 Å². The minimum absolute atomic E-state index is 0.660. The molecule has 0 radical (unpaired) electrons. The van der Waals surface area contributed by atoms with Crippen LogP contribution in [0, 0.1) is 5.92 Å². The van der Waals surface area contributed by atoms with Crippen LogP contribution in [-0.4, -0.2) is 46.6 Å². The van der Waals surface area contributed by atoms with Crippen LogP contribution in [0.1, 0.15) is 19.5 Å². The van der Waals surface area contributed by atoms with E-state index in [-0.39, 0.29) is 0 Å². The third-order valence-electron chi connectivity index (χ3n) is 2.60. The number of hydrogen-bond acceptors (Lipinski definition) is 4. The molecule has 1 aromatic rings. The Morgan fingerprint density at radius 1 is 1.56 bits per heavy atom. The highest BCUT2D eigenvalue weighted by molar-refractivity contribution is 4.91. The maximum absolute atomic E-state index is 4.15. The first kappa shape index (κ1) is 14.9. The highest BCUT2D eigenvalue weighted by atomic mass is 15.4. The van der Waals surface area contributed by atoms with Gasteiger partial charge in [0.05, 0.1) is 12.2 Å². The Morgan fingerprint density at radius 3 is 3.00 bits per heavy atom. The van der Waals surface area contributed by atoms with Crippen molar-refractivity contribution in [1.82, 2.24) is 25.2 Å². The van der Waals surface area contributed by atoms with Gasteiger partial charge in [0, 0.05) is 25.8 Å². The van der Waals surface area contributed by atoms with Gasteiger partial charge < -0.3 is 10.2 Å². The number of aromatic nitrogens is 3. The molecular formula is C13H25N5. The summed E-state index contributed by atoms with van der Waals surface area (Å²) in [5, 5.41) is 11.6. The molecule has 5 heteroatoms. The summed E-state index contributed by atoms with van der Waals surface area (Å²) in [6.07, 6.45) is 3.91. The van der Waals surface area contributed by atoms with Crippen molar-refractivity contribution in [3.05, 3.63) is 24.5 Å². The van der Waals surface area contributed by atoms with E-state index >= 15 is 0 Å². The van der Waals surface area contributed by atoms with Gasteiger partial charge in [-0.3, -0.25) is 4.68 Å². The summed E-state index contributed by atoms with van der Waals surface area (Å²) < 4.78 is 1.89. The summed E-state index contributed by atoms with van der Waals surface area (Å²) >= 11 is 0. The molecule has 18 heavy (non-hydrogen) atoms. The molecule has 0 spiro atoms. The van der Waals surface area contributed by atoms with E-state index in [0.29, 0.717) is 5.92 Å². The Balaban J connectivity index is 2.27. The Hall–Kier alpha value is -1.20. The first-order valence-corrected chi connectivity index (χ1v) is 6.51. The third kappa shape index (κ3) is 5.93. The maximum Gasteiger partial charge on any atom is 0.0964 e. The Labute approximate surface area is 110 Å². The minimum atomic E-state index is 0.660. The number of nitrogens with zero attached hydrogens (tertiary/aromatic N) is 4. The van der Waals surface area contributed by atoms with Crippen LogP contribution in [0.3, 0.4) is 0 Å². The molecule has 1 rings (SSSR count). The van der Waals surface area contributed by atoms with Crippen LogP contribution < -0.4 is 5.32 Å². The Kier molecular flexibility index (Phi) is 6.60. The average Bonchev–Trinajstić information content (AvgIpc) is 2.74. The zero-order valence-corrected chi connectivity index (χ0v) is 11.8. The van der Waals surface area contributed by atoms with E-state index in [1.165, 1.54) is 0 Å². The van der Waals surface area contributed by atoms with Crippen LogP contribution in [-0.2, 0) is 13.1 Å². The van der Waals surface area contributed by atoms with Crippen LogP contribution in [0.4, 0.5) is 0 Å². The lowest BCUT2D eigenvalue weighted by Crippen LogP contribution is -2.23. The van der Waals surface area contributed by atoms with Gasteiger partial charge in [-0.15, -0.1) is 11.7 Å². The predicted molar refractivity (Wildman–Crippen MR) is 74.3 cm³/mol. The van der Waals surface area contributed by atoms with E-state index in [9.17, 15) is 0 Å². The van der Waals surface area contributed by atoms with Crippen LogP contribution in [0.25, 0.3) is 0 Å². The zero-order valence-electron chi connectivity index (χ0n) is 11.8. The van der Waals surface area contributed by atoms with Gasteiger partial charge in [0.25, 0.3) is 0 Å². The third-order valence-corrected chi connectivity index (χ3v) is 2.60. The first-order chi connectivity index (χ1) is 8.61. The van der Waals surface area contributed by atoms with Gasteiger partial charge >= 0.3 is 0 Å². The molecule has 1 heterocycles. The summed E-state index contributed by atoms with van der Waals surface area (Å²) in [7, 11) is 2.07. The van der Waals surface area contributed by atoms with Gasteiger partial charge in [-0.2, -0.15) is 0 Å². The number of nitrogens with one attached hydrogen (secondary N) is 1. The predicted octanol–water partition coefficient (Wildman–Crippen LogP) is 1.14. The first-order valence-electron chi connectivity index (χ1n) is 6.51. The van der Waals surface area contributed by atoms with Gasteiger partial charge in [-0.1, -0.05) is 25.1 Å². The van der Waals surface area contributed by atoms with Crippen LogP contribution in [0.15, 0.2) is 18.9 Å². The van der Waals surface area contributed by atoms with Gasteiger partial charge in [0.2, 0.25) is 0 Å². The molecule has 102 valence electrons. The van der Waals surface area contributed by atoms with Gasteiger partial charge in [0.1, 0.15) is 0 Å². The second-order valence-corrected chi connectivity index (χ2v) is 5.05. The molecule has 0 saturated carbocycles. The van der Waals surface area contributed by atoms with Crippen LogP contribution in [0.2, 0.25) is 0 Å². The van der Waals surface area contributed by atoms with E-state index in [2.05, 4.69) is 48.0 Å². The highest BCUT2D eigenvalue weighted by Gasteiger charge is 2.02. The fraction of sp³-hybridized carbons (Fsp3) is 0.692. The SMILES string of the molecule is C=CCN(C)CCn1cc(CNCC(C)C)nn1. The topological polar surface area (TPSA) is 46.0 Å². The normalized spacial score (nSPS) is 11.4. The summed E-state index contributed by atoms with van der Waals surface area (Å²) in [6.45, 7) is 12.6. The van der Waals surface area contributed by atoms with Gasteiger partial charge in [-0.25, -0.2) is 0 Å². The van der Waals surface area contributed by atoms with E-state index < -0.39 is 0 Å². The smallest absolute Gasteiger partial charge is 0.0964 e. The Morgan fingerprint density at radius 2 is 2.33 bits per heavy atom. The molecule has 0 aliphatic rings. The van der Waals surface area contributed by atoms with Crippen molar-refractivity contribution in [2.75, 3.05) is 26.7 Å². The number of hydrogen-bond donors (Lipinski definition) is 1.